The van der Waals surface area contributed by atoms with E-state index in [2.05, 4.69) is 15.6 Å². The van der Waals surface area contributed by atoms with E-state index >= 15 is 0 Å². The summed E-state index contributed by atoms with van der Waals surface area (Å²) in [6, 6.07) is 10.6. The van der Waals surface area contributed by atoms with Gasteiger partial charge in [0.1, 0.15) is 17.6 Å². The number of nitrogens with one attached hydrogen (secondary N) is 2. The third-order valence-electron chi connectivity index (χ3n) is 6.18. The lowest BCUT2D eigenvalue weighted by molar-refractivity contribution is -0.385. The van der Waals surface area contributed by atoms with Gasteiger partial charge in [0.15, 0.2) is 5.76 Å². The van der Waals surface area contributed by atoms with E-state index in [1.807, 2.05) is 31.2 Å². The second-order valence-electron chi connectivity index (χ2n) is 8.56. The van der Waals surface area contributed by atoms with Crippen LogP contribution in [-0.4, -0.2) is 53.5 Å². The number of para-hydroxylation sites is 1. The lowest BCUT2D eigenvalue weighted by Gasteiger charge is -2.36. The first kappa shape index (κ1) is 26.1. The van der Waals surface area contributed by atoms with E-state index in [1.54, 1.807) is 12.3 Å². The Labute approximate surface area is 213 Å². The molecule has 0 unspecified atom stereocenters. The largest absolute Gasteiger partial charge is 0.464 e. The first-order chi connectivity index (χ1) is 18.0. The number of aliphatic hydroxyl groups is 1. The summed E-state index contributed by atoms with van der Waals surface area (Å²) in [5, 5.41) is 27.0. The van der Waals surface area contributed by atoms with Crippen molar-refractivity contribution in [1.29, 1.82) is 0 Å². The number of amides is 1. The Morgan fingerprint density at radius 2 is 2.08 bits per heavy atom. The normalized spacial score (nSPS) is 19.2. The Balaban J connectivity index is 1.48. The Kier molecular flexibility index (Phi) is 8.70. The van der Waals surface area contributed by atoms with Gasteiger partial charge in [0.25, 0.3) is 11.6 Å². The minimum atomic E-state index is -0.664. The highest BCUT2D eigenvalue weighted by Crippen LogP contribution is 2.42. The molecule has 0 saturated heterocycles. The number of rotatable bonds is 12. The van der Waals surface area contributed by atoms with Crippen molar-refractivity contribution in [2.24, 2.45) is 5.92 Å². The zero-order valence-corrected chi connectivity index (χ0v) is 20.5. The van der Waals surface area contributed by atoms with E-state index in [0.717, 1.165) is 16.5 Å². The maximum Gasteiger partial charge on any atom is 0.287 e. The number of carbonyl (C=O) groups is 1. The zero-order valence-electron chi connectivity index (χ0n) is 20.5. The molecule has 11 heteroatoms. The van der Waals surface area contributed by atoms with E-state index in [4.69, 9.17) is 13.9 Å². The fourth-order valence-electron chi connectivity index (χ4n) is 4.43. The molecule has 196 valence electrons. The predicted octanol–water partition coefficient (Wildman–Crippen LogP) is 3.71. The van der Waals surface area contributed by atoms with Crippen LogP contribution >= 0.6 is 0 Å². The molecular weight excluding hydrogens is 480 g/mol. The number of nitro groups is 1. The first-order valence-corrected chi connectivity index (χ1v) is 12.2. The number of allylic oxidation sites excluding steroid dienone is 1. The van der Waals surface area contributed by atoms with Crippen LogP contribution in [0.15, 0.2) is 65.1 Å². The van der Waals surface area contributed by atoms with E-state index in [9.17, 15) is 20.0 Å². The topological polar surface area (TPSA) is 149 Å². The summed E-state index contributed by atoms with van der Waals surface area (Å²) in [6.07, 6.45) is 5.23. The molecule has 3 heterocycles. The third-order valence-corrected chi connectivity index (χ3v) is 6.18. The fourth-order valence-corrected chi connectivity index (χ4v) is 4.43. The number of benzene rings is 1. The summed E-state index contributed by atoms with van der Waals surface area (Å²) in [7, 11) is 0. The minimum absolute atomic E-state index is 0.0435. The predicted molar refractivity (Wildman–Crippen MR) is 136 cm³/mol. The summed E-state index contributed by atoms with van der Waals surface area (Å²) in [4.78, 5) is 27.3. The second-order valence-corrected chi connectivity index (χ2v) is 8.56. The summed E-state index contributed by atoms with van der Waals surface area (Å²) < 4.78 is 17.7. The number of aromatic nitrogens is 1. The van der Waals surface area contributed by atoms with Gasteiger partial charge in [0.2, 0.25) is 6.29 Å². The van der Waals surface area contributed by atoms with Crippen LogP contribution in [0.3, 0.4) is 0 Å². The molecule has 0 saturated carbocycles. The number of furan rings is 1. The minimum Gasteiger partial charge on any atom is -0.464 e. The number of fused-ring (bicyclic) bond motifs is 1. The van der Waals surface area contributed by atoms with Crippen molar-refractivity contribution in [1.82, 2.24) is 10.3 Å². The summed E-state index contributed by atoms with van der Waals surface area (Å²) in [5.74, 6) is -0.116. The number of pyridine rings is 1. The second kappa shape index (κ2) is 12.3. The molecule has 0 fully saturated rings. The van der Waals surface area contributed by atoms with Crippen molar-refractivity contribution in [3.63, 3.8) is 0 Å². The van der Waals surface area contributed by atoms with Gasteiger partial charge in [0.05, 0.1) is 11.2 Å². The van der Waals surface area contributed by atoms with Crippen LogP contribution in [-0.2, 0) is 14.3 Å². The maximum atomic E-state index is 13.0. The van der Waals surface area contributed by atoms with Gasteiger partial charge < -0.3 is 29.6 Å². The molecule has 0 spiro atoms. The van der Waals surface area contributed by atoms with Crippen LogP contribution in [0.1, 0.15) is 31.2 Å². The molecule has 3 atom stereocenters. The van der Waals surface area contributed by atoms with Gasteiger partial charge in [-0.15, -0.1) is 0 Å². The highest BCUT2D eigenvalue weighted by Gasteiger charge is 2.39. The van der Waals surface area contributed by atoms with Crippen molar-refractivity contribution in [3.8, 4) is 0 Å². The number of carbonyl (C=O) groups excluding carboxylic acids is 1. The Bertz CT molecular complexity index is 1240. The van der Waals surface area contributed by atoms with Crippen molar-refractivity contribution in [2.45, 2.75) is 32.0 Å². The molecule has 2 aromatic heterocycles. The first-order valence-electron chi connectivity index (χ1n) is 12.2. The van der Waals surface area contributed by atoms with E-state index in [0.29, 0.717) is 31.8 Å². The molecular formula is C26H30N4O7. The van der Waals surface area contributed by atoms with Crippen LogP contribution in [0.5, 0.6) is 0 Å². The Morgan fingerprint density at radius 3 is 2.81 bits per heavy atom. The van der Waals surface area contributed by atoms with Crippen LogP contribution in [0.4, 0.5) is 11.5 Å². The monoisotopic (exact) mass is 510 g/mol. The van der Waals surface area contributed by atoms with E-state index in [1.165, 1.54) is 18.3 Å². The van der Waals surface area contributed by atoms with Gasteiger partial charge in [-0.05, 0) is 38.0 Å². The summed E-state index contributed by atoms with van der Waals surface area (Å²) in [5.41, 5.74) is 1.59. The van der Waals surface area contributed by atoms with Gasteiger partial charge in [-0.2, -0.15) is 0 Å². The van der Waals surface area contributed by atoms with Gasteiger partial charge in [-0.1, -0.05) is 18.2 Å². The molecule has 1 aromatic carbocycles. The molecule has 3 N–H and O–H groups in total. The number of hydrogen-bond donors (Lipinski definition) is 3. The lowest BCUT2D eigenvalue weighted by Crippen LogP contribution is -2.39. The number of ether oxygens (including phenoxy) is 2. The molecule has 0 radical (unpaired) electrons. The standard InChI is InChI=1S/C26H30N4O7/c1-2-35-26-19(7-5-13-31)20(21-16-36-22-8-4-3-6-18(21)22)14-23(37-26)25(32)28-12-11-27-24-10-9-17(15-29-24)30(33)34/h3-4,6,8-10,14-16,19-20,26,31H,2,5,7,11-13H2,1H3,(H,27,29)(H,28,32)/t19-,20-,26+/m1/s1. The molecule has 11 nitrogen and oxygen atoms in total. The highest BCUT2D eigenvalue weighted by molar-refractivity contribution is 5.92. The zero-order chi connectivity index (χ0) is 26.2. The van der Waals surface area contributed by atoms with Crippen molar-refractivity contribution in [3.05, 3.63) is 76.4 Å². The number of anilines is 1. The fraction of sp³-hybridized carbons (Fsp3) is 0.385. The number of aliphatic hydroxyl groups excluding tert-OH is 1. The van der Waals surface area contributed by atoms with Gasteiger partial charge in [-0.3, -0.25) is 14.9 Å². The van der Waals surface area contributed by atoms with Crippen LogP contribution in [0, 0.1) is 16.0 Å². The number of hydrogen-bond acceptors (Lipinski definition) is 9. The molecule has 1 aliphatic rings. The molecule has 4 rings (SSSR count). The van der Waals surface area contributed by atoms with Crippen molar-refractivity contribution in [2.75, 3.05) is 31.6 Å². The molecule has 0 bridgehead atoms. The van der Waals surface area contributed by atoms with Crippen LogP contribution in [0.2, 0.25) is 0 Å². The SMILES string of the molecule is CCO[C@H]1OC(C(=O)NCCNc2ccc([N+](=O)[O-])cn2)=C[C@@H](c2coc3ccccc23)[C@H]1CCCO. The van der Waals surface area contributed by atoms with E-state index < -0.39 is 11.2 Å². The highest BCUT2D eigenvalue weighted by atomic mass is 16.7. The van der Waals surface area contributed by atoms with Gasteiger partial charge in [0, 0.05) is 55.2 Å². The third kappa shape index (κ3) is 6.25. The van der Waals surface area contributed by atoms with E-state index in [-0.39, 0.29) is 42.3 Å². The average Bonchev–Trinajstić information content (AvgIpc) is 3.34. The molecule has 3 aromatic rings. The van der Waals surface area contributed by atoms with Crippen molar-refractivity contribution < 1.29 is 28.7 Å². The average molecular weight is 511 g/mol. The smallest absolute Gasteiger partial charge is 0.287 e. The molecule has 37 heavy (non-hydrogen) atoms. The Morgan fingerprint density at radius 1 is 1.24 bits per heavy atom. The van der Waals surface area contributed by atoms with Crippen molar-refractivity contribution >= 4 is 28.4 Å². The summed E-state index contributed by atoms with van der Waals surface area (Å²) >= 11 is 0. The molecule has 1 aliphatic heterocycles. The maximum absolute atomic E-state index is 13.0. The van der Waals surface area contributed by atoms with Crippen LogP contribution < -0.4 is 10.6 Å². The molecule has 0 aliphatic carbocycles. The number of nitrogens with zero attached hydrogens (tertiary/aromatic N) is 2. The lowest BCUT2D eigenvalue weighted by atomic mass is 9.80. The summed E-state index contributed by atoms with van der Waals surface area (Å²) in [6.45, 7) is 2.94. The van der Waals surface area contributed by atoms with Gasteiger partial charge >= 0.3 is 0 Å². The molecule has 1 amide bonds. The van der Waals surface area contributed by atoms with Gasteiger partial charge in [-0.25, -0.2) is 4.98 Å². The van der Waals surface area contributed by atoms with Crippen LogP contribution in [0.25, 0.3) is 11.0 Å². The quantitative estimate of drug-likeness (QED) is 0.188. The Hall–Kier alpha value is -3.96.